The summed E-state index contributed by atoms with van der Waals surface area (Å²) in [6.07, 6.45) is -0.735. The third-order valence-corrected chi connectivity index (χ3v) is 5.26. The fraction of sp³-hybridized carbons (Fsp3) is 0.125. The summed E-state index contributed by atoms with van der Waals surface area (Å²) >= 11 is 6.29. The molecule has 3 aromatic carbocycles. The van der Waals surface area contributed by atoms with Gasteiger partial charge >= 0.3 is 0 Å². The average Bonchev–Trinajstić information content (AvgIpc) is 3.20. The van der Waals surface area contributed by atoms with Crippen LogP contribution in [0.5, 0.6) is 0 Å². The first kappa shape index (κ1) is 20.6. The molecule has 0 saturated carbocycles. The largest absolute Gasteiger partial charge is 0.446 e. The van der Waals surface area contributed by atoms with Crippen LogP contribution in [0.25, 0.3) is 0 Å². The van der Waals surface area contributed by atoms with Crippen LogP contribution in [0.15, 0.2) is 77.9 Å². The van der Waals surface area contributed by atoms with Gasteiger partial charge in [-0.25, -0.2) is 0 Å². The zero-order valence-corrected chi connectivity index (χ0v) is 17.8. The average molecular weight is 434 g/mol. The SMILES string of the molecule is CC(=O)N1N=C(c2ccc(NC(=O)c3ccccc3C)cc2)O[C@@H]1c1ccccc1Cl. The van der Waals surface area contributed by atoms with Crippen molar-refractivity contribution in [2.45, 2.75) is 20.1 Å². The number of amides is 2. The van der Waals surface area contributed by atoms with E-state index in [2.05, 4.69) is 10.4 Å². The van der Waals surface area contributed by atoms with Crippen molar-refractivity contribution >= 4 is 35.0 Å². The van der Waals surface area contributed by atoms with Gasteiger partial charge in [0.05, 0.1) is 0 Å². The van der Waals surface area contributed by atoms with E-state index >= 15 is 0 Å². The second-order valence-corrected chi connectivity index (χ2v) is 7.51. The lowest BCUT2D eigenvalue weighted by Gasteiger charge is -2.20. The van der Waals surface area contributed by atoms with Crippen molar-refractivity contribution in [3.8, 4) is 0 Å². The Bertz CT molecular complexity index is 1170. The molecule has 0 fully saturated rings. The summed E-state index contributed by atoms with van der Waals surface area (Å²) < 4.78 is 5.98. The maximum atomic E-state index is 12.5. The van der Waals surface area contributed by atoms with Gasteiger partial charge in [-0.05, 0) is 48.9 Å². The maximum Gasteiger partial charge on any atom is 0.255 e. The molecule has 6 nitrogen and oxygen atoms in total. The number of carbonyl (C=O) groups is 2. The van der Waals surface area contributed by atoms with Gasteiger partial charge in [0, 0.05) is 34.3 Å². The van der Waals surface area contributed by atoms with E-state index < -0.39 is 6.23 Å². The molecule has 0 aliphatic carbocycles. The highest BCUT2D eigenvalue weighted by Crippen LogP contribution is 2.34. The van der Waals surface area contributed by atoms with Crippen LogP contribution < -0.4 is 5.32 Å². The highest BCUT2D eigenvalue weighted by molar-refractivity contribution is 6.31. The Morgan fingerprint density at radius 3 is 2.35 bits per heavy atom. The van der Waals surface area contributed by atoms with Crippen molar-refractivity contribution < 1.29 is 14.3 Å². The van der Waals surface area contributed by atoms with Crippen LogP contribution in [0.4, 0.5) is 5.69 Å². The quantitative estimate of drug-likeness (QED) is 0.619. The molecule has 7 heteroatoms. The first-order chi connectivity index (χ1) is 14.9. The third kappa shape index (κ3) is 4.29. The minimum atomic E-state index is -0.735. The number of hydrogen-bond donors (Lipinski definition) is 1. The van der Waals surface area contributed by atoms with Crippen LogP contribution >= 0.6 is 11.6 Å². The molecular weight excluding hydrogens is 414 g/mol. The molecule has 3 aromatic rings. The predicted octanol–water partition coefficient (Wildman–Crippen LogP) is 5.14. The number of aryl methyl sites for hydroxylation is 1. The number of halogens is 1. The Labute approximate surface area is 185 Å². The van der Waals surface area contributed by atoms with Crippen LogP contribution in [-0.4, -0.2) is 22.7 Å². The molecule has 2 amide bonds. The van der Waals surface area contributed by atoms with Crippen molar-refractivity contribution in [1.29, 1.82) is 0 Å². The molecule has 0 unspecified atom stereocenters. The highest BCUT2D eigenvalue weighted by atomic mass is 35.5. The standard InChI is InChI=1S/C24H20ClN3O3/c1-15-7-3-4-8-19(15)22(30)26-18-13-11-17(12-14-18)23-27-28(16(2)29)24(31-23)20-9-5-6-10-21(20)25/h3-14,24H,1-2H3,(H,26,30)/t24-/m1/s1. The molecule has 0 spiro atoms. The van der Waals surface area contributed by atoms with Gasteiger partial charge in [-0.2, -0.15) is 5.01 Å². The first-order valence-corrected chi connectivity index (χ1v) is 10.1. The van der Waals surface area contributed by atoms with Crippen LogP contribution in [0, 0.1) is 6.92 Å². The van der Waals surface area contributed by atoms with Gasteiger partial charge in [-0.3, -0.25) is 9.59 Å². The number of hydrazone groups is 1. The summed E-state index contributed by atoms with van der Waals surface area (Å²) in [5.41, 5.74) is 3.49. The summed E-state index contributed by atoms with van der Waals surface area (Å²) in [7, 11) is 0. The molecule has 1 heterocycles. The molecule has 1 aliphatic heterocycles. The Morgan fingerprint density at radius 2 is 1.68 bits per heavy atom. The van der Waals surface area contributed by atoms with Gasteiger partial charge in [0.2, 0.25) is 18.0 Å². The first-order valence-electron chi connectivity index (χ1n) is 9.71. The molecule has 156 valence electrons. The highest BCUT2D eigenvalue weighted by Gasteiger charge is 2.34. The van der Waals surface area contributed by atoms with Gasteiger partial charge in [-0.1, -0.05) is 48.0 Å². The van der Waals surface area contributed by atoms with Crippen LogP contribution in [-0.2, 0) is 9.53 Å². The molecular formula is C24H20ClN3O3. The number of nitrogens with zero attached hydrogens (tertiary/aromatic N) is 2. The predicted molar refractivity (Wildman–Crippen MR) is 120 cm³/mol. The lowest BCUT2D eigenvalue weighted by molar-refractivity contribution is -0.135. The molecule has 31 heavy (non-hydrogen) atoms. The van der Waals surface area contributed by atoms with E-state index in [4.69, 9.17) is 16.3 Å². The zero-order valence-electron chi connectivity index (χ0n) is 17.0. The minimum absolute atomic E-state index is 0.179. The number of carbonyl (C=O) groups excluding carboxylic acids is 2. The van der Waals surface area contributed by atoms with E-state index in [1.54, 1.807) is 42.5 Å². The molecule has 1 atom stereocenters. The number of anilines is 1. The van der Waals surface area contributed by atoms with E-state index in [9.17, 15) is 9.59 Å². The Kier molecular flexibility index (Phi) is 5.73. The van der Waals surface area contributed by atoms with Crippen molar-refractivity contribution in [2.75, 3.05) is 5.32 Å². The third-order valence-electron chi connectivity index (χ3n) is 4.92. The molecule has 0 bridgehead atoms. The van der Waals surface area contributed by atoms with Gasteiger partial charge in [0.15, 0.2) is 0 Å². The van der Waals surface area contributed by atoms with Crippen LogP contribution in [0.3, 0.4) is 0 Å². The number of hydrogen-bond acceptors (Lipinski definition) is 4. The van der Waals surface area contributed by atoms with Crippen molar-refractivity contribution in [1.82, 2.24) is 5.01 Å². The van der Waals surface area contributed by atoms with E-state index in [-0.39, 0.29) is 11.8 Å². The molecule has 1 aliphatic rings. The monoisotopic (exact) mass is 433 g/mol. The number of benzene rings is 3. The second-order valence-electron chi connectivity index (χ2n) is 7.11. The number of nitrogens with one attached hydrogen (secondary N) is 1. The maximum absolute atomic E-state index is 12.5. The van der Waals surface area contributed by atoms with Crippen molar-refractivity contribution in [3.63, 3.8) is 0 Å². The fourth-order valence-corrected chi connectivity index (χ4v) is 3.51. The van der Waals surface area contributed by atoms with Gasteiger partial charge in [0.1, 0.15) is 0 Å². The minimum Gasteiger partial charge on any atom is -0.446 e. The Hall–Kier alpha value is -3.64. The van der Waals surface area contributed by atoms with Gasteiger partial charge in [-0.15, -0.1) is 5.10 Å². The summed E-state index contributed by atoms with van der Waals surface area (Å²) in [4.78, 5) is 24.6. The Morgan fingerprint density at radius 1 is 1.00 bits per heavy atom. The topological polar surface area (TPSA) is 71.0 Å². The second kappa shape index (κ2) is 8.62. The van der Waals surface area contributed by atoms with Gasteiger partial charge in [0.25, 0.3) is 5.91 Å². The van der Waals surface area contributed by atoms with Gasteiger partial charge < -0.3 is 10.1 Å². The van der Waals surface area contributed by atoms with Crippen molar-refractivity contribution in [3.05, 3.63) is 100 Å². The van der Waals surface area contributed by atoms with Crippen LogP contribution in [0.1, 0.15) is 40.2 Å². The zero-order chi connectivity index (χ0) is 22.0. The summed E-state index contributed by atoms with van der Waals surface area (Å²) in [5.74, 6) is -0.138. The molecule has 4 rings (SSSR count). The van der Waals surface area contributed by atoms with E-state index in [0.717, 1.165) is 5.56 Å². The smallest absolute Gasteiger partial charge is 0.255 e. The lowest BCUT2D eigenvalue weighted by atomic mass is 10.1. The van der Waals surface area contributed by atoms with E-state index in [0.29, 0.717) is 33.3 Å². The van der Waals surface area contributed by atoms with E-state index in [1.807, 2.05) is 37.3 Å². The molecule has 0 saturated heterocycles. The van der Waals surface area contributed by atoms with E-state index in [1.165, 1.54) is 11.9 Å². The van der Waals surface area contributed by atoms with Crippen molar-refractivity contribution in [2.24, 2.45) is 5.10 Å². The summed E-state index contributed by atoms with van der Waals surface area (Å²) in [5, 5.41) is 8.98. The Balaban J connectivity index is 1.53. The molecule has 0 radical (unpaired) electrons. The summed E-state index contributed by atoms with van der Waals surface area (Å²) in [6.45, 7) is 3.31. The normalized spacial score (nSPS) is 15.3. The number of rotatable bonds is 4. The molecule has 0 aromatic heterocycles. The fourth-order valence-electron chi connectivity index (χ4n) is 3.28. The summed E-state index contributed by atoms with van der Waals surface area (Å²) in [6, 6.07) is 21.6. The lowest BCUT2D eigenvalue weighted by Crippen LogP contribution is -2.25. The number of ether oxygens (including phenoxy) is 1. The van der Waals surface area contributed by atoms with Crippen LogP contribution in [0.2, 0.25) is 5.02 Å². The molecule has 1 N–H and O–H groups in total.